The van der Waals surface area contributed by atoms with Crippen molar-refractivity contribution in [3.63, 3.8) is 0 Å². The fraction of sp³-hybridized carbons (Fsp3) is 0.333. The zero-order valence-corrected chi connectivity index (χ0v) is 12.2. The van der Waals surface area contributed by atoms with Crippen LogP contribution in [0.5, 0.6) is 5.75 Å². The molecule has 2 aromatic heterocycles. The summed E-state index contributed by atoms with van der Waals surface area (Å²) in [5.74, 6) is -2.24. The number of ether oxygens (including phenoxy) is 1. The van der Waals surface area contributed by atoms with Gasteiger partial charge in [-0.3, -0.25) is 0 Å². The van der Waals surface area contributed by atoms with E-state index in [0.717, 1.165) is 25.4 Å². The molecule has 0 saturated heterocycles. The number of hydrogen-bond donors (Lipinski definition) is 0. The van der Waals surface area contributed by atoms with Crippen LogP contribution in [-0.2, 0) is 6.18 Å². The second-order valence-corrected chi connectivity index (χ2v) is 4.64. The molecule has 25 heavy (non-hydrogen) atoms. The molecule has 2 rings (SSSR count). The summed E-state index contributed by atoms with van der Waals surface area (Å²) in [6.07, 6.45) is -9.78. The molecule has 0 bridgehead atoms. The van der Waals surface area contributed by atoms with Crippen LogP contribution in [0.25, 0.3) is 11.5 Å². The molecule has 0 saturated carbocycles. The summed E-state index contributed by atoms with van der Waals surface area (Å²) < 4.78 is 82.3. The fourth-order valence-corrected chi connectivity index (χ4v) is 1.53. The lowest BCUT2D eigenvalue weighted by atomic mass is 10.3. The minimum Gasteiger partial charge on any atom is -0.409 e. The Kier molecular flexibility index (Phi) is 4.85. The van der Waals surface area contributed by atoms with Crippen molar-refractivity contribution in [1.29, 1.82) is 0 Å². The number of aromatic nitrogens is 3. The fourth-order valence-electron chi connectivity index (χ4n) is 1.53. The third-order valence-corrected chi connectivity index (χ3v) is 2.57. The van der Waals surface area contributed by atoms with Gasteiger partial charge in [0.1, 0.15) is 12.2 Å². The summed E-state index contributed by atoms with van der Waals surface area (Å²) in [5.41, 5.74) is -0.123. The first-order valence-electron chi connectivity index (χ1n) is 6.33. The first-order valence-corrected chi connectivity index (χ1v) is 6.33. The molecule has 0 aromatic carbocycles. The van der Waals surface area contributed by atoms with E-state index in [1.807, 2.05) is 0 Å². The minimum absolute atomic E-state index is 0.123. The molecule has 0 spiro atoms. The number of nitrogens with zero attached hydrogens (tertiary/aromatic N) is 4. The molecule has 0 aliphatic rings. The van der Waals surface area contributed by atoms with Gasteiger partial charge in [0.2, 0.25) is 5.82 Å². The van der Waals surface area contributed by atoms with Crippen molar-refractivity contribution < 1.29 is 40.4 Å². The van der Waals surface area contributed by atoms with Crippen LogP contribution >= 0.6 is 0 Å². The number of pyridine rings is 1. The van der Waals surface area contributed by atoms with E-state index in [4.69, 9.17) is 0 Å². The van der Waals surface area contributed by atoms with Crippen LogP contribution in [0.3, 0.4) is 0 Å². The van der Waals surface area contributed by atoms with Crippen LogP contribution in [0.15, 0.2) is 22.9 Å². The lowest BCUT2D eigenvalue weighted by molar-refractivity contribution is -0.159. The van der Waals surface area contributed by atoms with Crippen LogP contribution < -0.4 is 4.74 Å². The van der Waals surface area contributed by atoms with Crippen LogP contribution in [0.4, 0.5) is 31.1 Å². The van der Waals surface area contributed by atoms with Crippen molar-refractivity contribution in [2.75, 3.05) is 13.6 Å². The zero-order chi connectivity index (χ0) is 18.8. The van der Waals surface area contributed by atoms with Crippen LogP contribution in [0.1, 0.15) is 5.89 Å². The Bertz CT molecular complexity index is 741. The predicted octanol–water partition coefficient (Wildman–Crippen LogP) is 3.14. The van der Waals surface area contributed by atoms with E-state index in [1.54, 1.807) is 0 Å². The molecule has 136 valence electrons. The molecule has 0 atom stereocenters. The van der Waals surface area contributed by atoms with Crippen molar-refractivity contribution in [3.8, 4) is 17.3 Å². The molecule has 0 aliphatic heterocycles. The summed E-state index contributed by atoms with van der Waals surface area (Å²) in [6, 6.07) is 2.21. The van der Waals surface area contributed by atoms with Gasteiger partial charge in [0.05, 0.1) is 6.20 Å². The van der Waals surface area contributed by atoms with Crippen molar-refractivity contribution in [2.24, 2.45) is 0 Å². The smallest absolute Gasteiger partial charge is 0.409 e. The maximum atomic E-state index is 12.4. The van der Waals surface area contributed by atoms with Gasteiger partial charge >= 0.3 is 24.3 Å². The van der Waals surface area contributed by atoms with Crippen LogP contribution in [0, 0.1) is 0 Å². The molecular formula is C12H8F6N4O3. The Hall–Kier alpha value is -2.86. The lowest BCUT2D eigenvalue weighted by Crippen LogP contribution is -2.37. The van der Waals surface area contributed by atoms with E-state index in [2.05, 4.69) is 24.4 Å². The van der Waals surface area contributed by atoms with Gasteiger partial charge in [0, 0.05) is 7.05 Å². The average Bonchev–Trinajstić information content (AvgIpc) is 2.96. The topological polar surface area (TPSA) is 81.4 Å². The van der Waals surface area contributed by atoms with Crippen molar-refractivity contribution >= 4 is 6.09 Å². The Morgan fingerprint density at radius 3 is 2.40 bits per heavy atom. The third kappa shape index (κ3) is 5.06. The molecule has 2 heterocycles. The second-order valence-electron chi connectivity index (χ2n) is 4.64. The van der Waals surface area contributed by atoms with Gasteiger partial charge in [-0.25, -0.2) is 9.78 Å². The van der Waals surface area contributed by atoms with E-state index in [1.165, 1.54) is 0 Å². The number of rotatable bonds is 3. The highest BCUT2D eigenvalue weighted by Crippen LogP contribution is 2.29. The number of carbonyl (C=O) groups is 1. The first kappa shape index (κ1) is 18.5. The number of amides is 1. The van der Waals surface area contributed by atoms with E-state index < -0.39 is 36.7 Å². The highest BCUT2D eigenvalue weighted by Gasteiger charge is 2.38. The summed E-state index contributed by atoms with van der Waals surface area (Å²) in [6.45, 7) is -1.51. The summed E-state index contributed by atoms with van der Waals surface area (Å²) >= 11 is 0. The molecular weight excluding hydrogens is 362 g/mol. The third-order valence-electron chi connectivity index (χ3n) is 2.57. The number of hydrogen-bond acceptors (Lipinski definition) is 6. The second kappa shape index (κ2) is 6.57. The van der Waals surface area contributed by atoms with Gasteiger partial charge in [-0.1, -0.05) is 5.16 Å². The molecule has 0 N–H and O–H groups in total. The Morgan fingerprint density at radius 1 is 1.24 bits per heavy atom. The number of carbonyl (C=O) groups excluding carboxylic acids is 1. The monoisotopic (exact) mass is 370 g/mol. The van der Waals surface area contributed by atoms with Gasteiger partial charge in [-0.05, 0) is 12.1 Å². The average molecular weight is 370 g/mol. The van der Waals surface area contributed by atoms with E-state index in [9.17, 15) is 31.1 Å². The normalized spacial score (nSPS) is 12.1. The standard InChI is InChI=1S/C12H8F6N4O3/c1-22(5-11(13,14)15)10(23)24-6-2-3-7(19-4-6)8-20-9(25-21-8)12(16,17)18/h2-4H,5H2,1H3. The zero-order valence-electron chi connectivity index (χ0n) is 12.2. The summed E-state index contributed by atoms with van der Waals surface area (Å²) in [7, 11) is 0.885. The molecule has 0 aliphatic carbocycles. The number of halogens is 6. The molecule has 13 heteroatoms. The minimum atomic E-state index is -4.82. The van der Waals surface area contributed by atoms with Crippen molar-refractivity contribution in [2.45, 2.75) is 12.4 Å². The van der Waals surface area contributed by atoms with Crippen molar-refractivity contribution in [1.82, 2.24) is 20.0 Å². The molecule has 1 amide bonds. The van der Waals surface area contributed by atoms with Gasteiger partial charge in [0.25, 0.3) is 0 Å². The lowest BCUT2D eigenvalue weighted by Gasteiger charge is -2.18. The largest absolute Gasteiger partial charge is 0.471 e. The quantitative estimate of drug-likeness (QED) is 0.772. The SMILES string of the molecule is CN(CC(F)(F)F)C(=O)Oc1ccc(-c2noc(C(F)(F)F)n2)nc1. The van der Waals surface area contributed by atoms with Gasteiger partial charge in [-0.15, -0.1) is 0 Å². The van der Waals surface area contributed by atoms with Crippen LogP contribution in [0.2, 0.25) is 0 Å². The number of alkyl halides is 6. The summed E-state index contributed by atoms with van der Waals surface area (Å²) in [4.78, 5) is 18.5. The molecule has 2 aromatic rings. The maximum absolute atomic E-state index is 12.4. The van der Waals surface area contributed by atoms with Gasteiger partial charge in [-0.2, -0.15) is 31.3 Å². The van der Waals surface area contributed by atoms with E-state index in [-0.39, 0.29) is 11.4 Å². The van der Waals surface area contributed by atoms with Gasteiger partial charge < -0.3 is 14.2 Å². The Balaban J connectivity index is 2.05. The molecule has 0 radical (unpaired) electrons. The molecule has 0 unspecified atom stereocenters. The van der Waals surface area contributed by atoms with E-state index >= 15 is 0 Å². The predicted molar refractivity (Wildman–Crippen MR) is 67.2 cm³/mol. The van der Waals surface area contributed by atoms with Crippen LogP contribution in [-0.4, -0.2) is 45.9 Å². The molecule has 0 fully saturated rings. The van der Waals surface area contributed by atoms with E-state index in [0.29, 0.717) is 4.90 Å². The highest BCUT2D eigenvalue weighted by atomic mass is 19.4. The Morgan fingerprint density at radius 2 is 1.92 bits per heavy atom. The molecule has 7 nitrogen and oxygen atoms in total. The summed E-state index contributed by atoms with van der Waals surface area (Å²) in [5, 5.41) is 3.10. The van der Waals surface area contributed by atoms with Gasteiger partial charge in [0.15, 0.2) is 5.75 Å². The first-order chi connectivity index (χ1) is 11.5. The highest BCUT2D eigenvalue weighted by molar-refractivity contribution is 5.70. The Labute approximate surface area is 135 Å². The van der Waals surface area contributed by atoms with Crippen molar-refractivity contribution in [3.05, 3.63) is 24.2 Å². The maximum Gasteiger partial charge on any atom is 0.471 e.